The van der Waals surface area contributed by atoms with Gasteiger partial charge in [-0.25, -0.2) is 9.59 Å². The lowest BCUT2D eigenvalue weighted by Crippen LogP contribution is -2.44. The van der Waals surface area contributed by atoms with Crippen LogP contribution in [0.15, 0.2) is 35.1 Å². The molecule has 2 rings (SSSR count). The average Bonchev–Trinajstić information content (AvgIpc) is 2.57. The van der Waals surface area contributed by atoms with E-state index >= 15 is 0 Å². The predicted octanol–water partition coefficient (Wildman–Crippen LogP) is 2.89. The van der Waals surface area contributed by atoms with Gasteiger partial charge in [-0.3, -0.25) is 0 Å². The summed E-state index contributed by atoms with van der Waals surface area (Å²) >= 11 is 18.3. The monoisotopic (exact) mass is 392 g/mol. The molecule has 24 heavy (non-hydrogen) atoms. The van der Waals surface area contributed by atoms with Crippen molar-refractivity contribution in [2.45, 2.75) is 5.79 Å². The van der Waals surface area contributed by atoms with Gasteiger partial charge >= 0.3 is 17.7 Å². The Morgan fingerprint density at radius 3 is 2.42 bits per heavy atom. The number of benzene rings is 1. The molecule has 1 N–H and O–H groups in total. The van der Waals surface area contributed by atoms with Gasteiger partial charge in [0.1, 0.15) is 11.8 Å². The number of rotatable bonds is 3. The van der Waals surface area contributed by atoms with Gasteiger partial charge in [0, 0.05) is 5.56 Å². The van der Waals surface area contributed by atoms with Crippen LogP contribution in [0, 0.1) is 0 Å². The molecular formula is C15H11Cl3O6. The SMILES string of the molecule is COC(=O)C1=COC(O)(C(=O)OC)C(c2cccc(Cl)c2Cl)=C1Cl. The molecule has 1 aromatic carbocycles. The third-order valence-corrected chi connectivity index (χ3v) is 4.44. The van der Waals surface area contributed by atoms with E-state index in [0.29, 0.717) is 0 Å². The van der Waals surface area contributed by atoms with E-state index in [1.54, 1.807) is 0 Å². The summed E-state index contributed by atoms with van der Waals surface area (Å²) in [7, 11) is 2.19. The van der Waals surface area contributed by atoms with Gasteiger partial charge in [-0.15, -0.1) is 0 Å². The highest BCUT2D eigenvalue weighted by molar-refractivity contribution is 6.44. The molecule has 1 aliphatic heterocycles. The maximum atomic E-state index is 12.0. The fraction of sp³-hybridized carbons (Fsp3) is 0.200. The van der Waals surface area contributed by atoms with Crippen LogP contribution in [0.25, 0.3) is 5.57 Å². The van der Waals surface area contributed by atoms with Crippen molar-refractivity contribution in [3.63, 3.8) is 0 Å². The highest BCUT2D eigenvalue weighted by atomic mass is 35.5. The second-order valence-electron chi connectivity index (χ2n) is 4.57. The number of carbonyl (C=O) groups is 2. The highest BCUT2D eigenvalue weighted by Gasteiger charge is 2.50. The quantitative estimate of drug-likeness (QED) is 0.795. The molecule has 0 radical (unpaired) electrons. The van der Waals surface area contributed by atoms with Crippen molar-refractivity contribution >= 4 is 52.3 Å². The molecule has 1 atom stereocenters. The summed E-state index contributed by atoms with van der Waals surface area (Å²) in [5, 5.41) is 10.5. The van der Waals surface area contributed by atoms with E-state index in [2.05, 4.69) is 9.47 Å². The summed E-state index contributed by atoms with van der Waals surface area (Å²) in [6, 6.07) is 4.47. The number of hydrogen-bond donors (Lipinski definition) is 1. The zero-order chi connectivity index (χ0) is 18.1. The fourth-order valence-electron chi connectivity index (χ4n) is 2.07. The first-order valence-electron chi connectivity index (χ1n) is 6.40. The summed E-state index contributed by atoms with van der Waals surface area (Å²) < 4.78 is 14.2. The van der Waals surface area contributed by atoms with Crippen LogP contribution in [-0.2, 0) is 23.8 Å². The fourth-order valence-corrected chi connectivity index (χ4v) is 2.82. The molecule has 0 aliphatic carbocycles. The molecule has 128 valence electrons. The standard InChI is InChI=1S/C15H11Cl3O6/c1-22-13(19)8-6-24-15(21,14(20)23-2)10(12(8)18)7-4-3-5-9(16)11(7)17/h3-6,21H,1-2H3. The Morgan fingerprint density at radius 2 is 1.83 bits per heavy atom. The van der Waals surface area contributed by atoms with Crippen LogP contribution in [0.4, 0.5) is 0 Å². The molecule has 0 saturated heterocycles. The Kier molecular flexibility index (Phi) is 5.45. The third-order valence-electron chi connectivity index (χ3n) is 3.23. The van der Waals surface area contributed by atoms with Crippen LogP contribution in [0.2, 0.25) is 10.0 Å². The van der Waals surface area contributed by atoms with Crippen LogP contribution in [0.3, 0.4) is 0 Å². The van der Waals surface area contributed by atoms with Gasteiger partial charge in [-0.1, -0.05) is 46.9 Å². The molecule has 6 nitrogen and oxygen atoms in total. The van der Waals surface area contributed by atoms with E-state index in [0.717, 1.165) is 20.5 Å². The van der Waals surface area contributed by atoms with E-state index in [9.17, 15) is 14.7 Å². The van der Waals surface area contributed by atoms with Crippen molar-refractivity contribution in [3.8, 4) is 0 Å². The summed E-state index contributed by atoms with van der Waals surface area (Å²) in [6.45, 7) is 0. The average molecular weight is 394 g/mol. The van der Waals surface area contributed by atoms with Gasteiger partial charge in [0.15, 0.2) is 0 Å². The molecule has 1 unspecified atom stereocenters. The molecule has 0 fully saturated rings. The first kappa shape index (κ1) is 18.6. The van der Waals surface area contributed by atoms with Crippen LogP contribution >= 0.6 is 34.8 Å². The lowest BCUT2D eigenvalue weighted by Gasteiger charge is -2.32. The Morgan fingerprint density at radius 1 is 1.17 bits per heavy atom. The van der Waals surface area contributed by atoms with Crippen molar-refractivity contribution in [1.82, 2.24) is 0 Å². The maximum absolute atomic E-state index is 12.0. The minimum atomic E-state index is -2.61. The van der Waals surface area contributed by atoms with Gasteiger partial charge in [0.25, 0.3) is 0 Å². The predicted molar refractivity (Wildman–Crippen MR) is 87.4 cm³/mol. The molecular weight excluding hydrogens is 383 g/mol. The number of esters is 2. The highest BCUT2D eigenvalue weighted by Crippen LogP contribution is 2.44. The second-order valence-corrected chi connectivity index (χ2v) is 5.73. The molecule has 1 aliphatic rings. The number of aliphatic hydroxyl groups is 1. The second kappa shape index (κ2) is 7.03. The van der Waals surface area contributed by atoms with Crippen molar-refractivity contribution in [1.29, 1.82) is 0 Å². The molecule has 0 aromatic heterocycles. The van der Waals surface area contributed by atoms with E-state index in [4.69, 9.17) is 39.5 Å². The molecule has 9 heteroatoms. The van der Waals surface area contributed by atoms with E-state index in [-0.39, 0.29) is 31.8 Å². The summed E-state index contributed by atoms with van der Waals surface area (Å²) in [6.07, 6.45) is 0.813. The number of carbonyl (C=O) groups excluding carboxylic acids is 2. The number of ether oxygens (including phenoxy) is 3. The maximum Gasteiger partial charge on any atom is 0.384 e. The van der Waals surface area contributed by atoms with E-state index in [1.165, 1.54) is 18.2 Å². The summed E-state index contributed by atoms with van der Waals surface area (Å²) in [5.41, 5.74) is -0.401. The van der Waals surface area contributed by atoms with Gasteiger partial charge in [-0.2, -0.15) is 0 Å². The molecule has 1 heterocycles. The van der Waals surface area contributed by atoms with Crippen molar-refractivity contribution in [2.75, 3.05) is 14.2 Å². The van der Waals surface area contributed by atoms with Gasteiger partial charge in [-0.05, 0) is 6.07 Å². The van der Waals surface area contributed by atoms with Gasteiger partial charge in [0.2, 0.25) is 0 Å². The number of halogens is 3. The van der Waals surface area contributed by atoms with Crippen molar-refractivity contribution < 1.29 is 28.9 Å². The molecule has 0 amide bonds. The van der Waals surface area contributed by atoms with Crippen LogP contribution in [0.1, 0.15) is 5.56 Å². The number of methoxy groups -OCH3 is 2. The van der Waals surface area contributed by atoms with Crippen LogP contribution < -0.4 is 0 Å². The zero-order valence-electron chi connectivity index (χ0n) is 12.4. The molecule has 0 bridgehead atoms. The Labute approximate surface area is 152 Å². The van der Waals surface area contributed by atoms with Gasteiger partial charge < -0.3 is 19.3 Å². The lowest BCUT2D eigenvalue weighted by molar-refractivity contribution is -0.190. The largest absolute Gasteiger partial charge is 0.465 e. The minimum absolute atomic E-state index is 0.00404. The normalized spacial score (nSPS) is 20.2. The zero-order valence-corrected chi connectivity index (χ0v) is 14.7. The molecule has 1 aromatic rings. The number of hydrogen-bond acceptors (Lipinski definition) is 6. The lowest BCUT2D eigenvalue weighted by atomic mass is 9.93. The summed E-state index contributed by atoms with van der Waals surface area (Å²) in [4.78, 5) is 23.9. The van der Waals surface area contributed by atoms with E-state index < -0.39 is 17.7 Å². The minimum Gasteiger partial charge on any atom is -0.465 e. The third kappa shape index (κ3) is 2.98. The molecule has 0 saturated carbocycles. The van der Waals surface area contributed by atoms with Gasteiger partial charge in [0.05, 0.1) is 34.9 Å². The topological polar surface area (TPSA) is 82.1 Å². The summed E-state index contributed by atoms with van der Waals surface area (Å²) in [5.74, 6) is -4.60. The van der Waals surface area contributed by atoms with Crippen molar-refractivity contribution in [3.05, 3.63) is 50.7 Å². The smallest absolute Gasteiger partial charge is 0.384 e. The first-order chi connectivity index (χ1) is 11.3. The van der Waals surface area contributed by atoms with Crippen LogP contribution in [0.5, 0.6) is 0 Å². The van der Waals surface area contributed by atoms with Crippen LogP contribution in [-0.4, -0.2) is 37.1 Å². The van der Waals surface area contributed by atoms with E-state index in [1.807, 2.05) is 0 Å². The van der Waals surface area contributed by atoms with Crippen molar-refractivity contribution in [2.24, 2.45) is 0 Å². The molecule has 0 spiro atoms. The first-order valence-corrected chi connectivity index (χ1v) is 7.53. The Hall–Kier alpha value is -1.73. The Bertz CT molecular complexity index is 770. The Balaban J connectivity index is 2.78.